The van der Waals surface area contributed by atoms with Crippen molar-refractivity contribution in [2.24, 2.45) is 0 Å². The van der Waals surface area contributed by atoms with E-state index in [1.165, 1.54) is 6.92 Å². The summed E-state index contributed by atoms with van der Waals surface area (Å²) in [4.78, 5) is 20.9. The molecule has 9 heteroatoms. The fourth-order valence-corrected chi connectivity index (χ4v) is 3.96. The van der Waals surface area contributed by atoms with Crippen molar-refractivity contribution in [2.75, 3.05) is 5.73 Å². The van der Waals surface area contributed by atoms with Gasteiger partial charge in [-0.15, -0.1) is 11.3 Å². The standard InChI is InChI=1S/C18H17F3N4OS/c1-3-11-9(2)13(18(19,20)21)12-14(22)15(27-17(12)25-11)16(26)24-8-10-5-4-6-23-7-10/h4-7H,3,8,22H2,1-2H3,(H,24,26). The van der Waals surface area contributed by atoms with Crippen LogP contribution in [0.5, 0.6) is 0 Å². The minimum atomic E-state index is -4.59. The predicted molar refractivity (Wildman–Crippen MR) is 98.6 cm³/mol. The summed E-state index contributed by atoms with van der Waals surface area (Å²) in [7, 11) is 0. The number of rotatable bonds is 4. The molecule has 1 amide bonds. The fourth-order valence-electron chi connectivity index (χ4n) is 2.92. The number of carbonyl (C=O) groups is 1. The third kappa shape index (κ3) is 3.59. The maximum Gasteiger partial charge on any atom is 0.417 e. The second-order valence-corrected chi connectivity index (χ2v) is 6.98. The monoisotopic (exact) mass is 394 g/mol. The van der Waals surface area contributed by atoms with Crippen LogP contribution in [-0.4, -0.2) is 15.9 Å². The largest absolute Gasteiger partial charge is 0.417 e. The smallest absolute Gasteiger partial charge is 0.397 e. The van der Waals surface area contributed by atoms with E-state index in [0.29, 0.717) is 12.1 Å². The lowest BCUT2D eigenvalue weighted by Gasteiger charge is -2.14. The number of thiophene rings is 1. The van der Waals surface area contributed by atoms with Crippen molar-refractivity contribution in [1.29, 1.82) is 0 Å². The van der Waals surface area contributed by atoms with Crippen LogP contribution in [0.15, 0.2) is 24.5 Å². The molecule has 0 fully saturated rings. The zero-order valence-electron chi connectivity index (χ0n) is 14.6. The molecule has 0 aliphatic rings. The minimum absolute atomic E-state index is 0.0274. The van der Waals surface area contributed by atoms with Gasteiger partial charge in [0.25, 0.3) is 5.91 Å². The van der Waals surface area contributed by atoms with E-state index in [0.717, 1.165) is 16.9 Å². The maximum atomic E-state index is 13.7. The molecule has 3 heterocycles. The Balaban J connectivity index is 2.05. The molecule has 0 bridgehead atoms. The number of anilines is 1. The van der Waals surface area contributed by atoms with Crippen LogP contribution in [0.1, 0.15) is 39.0 Å². The van der Waals surface area contributed by atoms with Crippen LogP contribution in [0.2, 0.25) is 0 Å². The average Bonchev–Trinajstić information content (AvgIpc) is 2.95. The van der Waals surface area contributed by atoms with Gasteiger partial charge in [-0.25, -0.2) is 4.98 Å². The van der Waals surface area contributed by atoms with Gasteiger partial charge in [0.15, 0.2) is 0 Å². The van der Waals surface area contributed by atoms with Crippen LogP contribution in [-0.2, 0) is 19.1 Å². The molecule has 3 N–H and O–H groups in total. The van der Waals surface area contributed by atoms with Crippen LogP contribution >= 0.6 is 11.3 Å². The number of nitrogens with one attached hydrogen (secondary N) is 1. The highest BCUT2D eigenvalue weighted by Crippen LogP contribution is 2.44. The molecule has 0 aromatic carbocycles. The maximum absolute atomic E-state index is 13.7. The molecule has 3 aromatic rings. The molecule has 0 atom stereocenters. The Labute approximate surface area is 157 Å². The van der Waals surface area contributed by atoms with E-state index in [4.69, 9.17) is 5.73 Å². The fraction of sp³-hybridized carbons (Fsp3) is 0.278. The summed E-state index contributed by atoms with van der Waals surface area (Å²) >= 11 is 0.872. The van der Waals surface area contributed by atoms with Gasteiger partial charge in [-0.05, 0) is 30.5 Å². The van der Waals surface area contributed by atoms with Crippen LogP contribution in [0, 0.1) is 6.92 Å². The topological polar surface area (TPSA) is 80.9 Å². The molecule has 3 aromatic heterocycles. The summed E-state index contributed by atoms with van der Waals surface area (Å²) in [5, 5.41) is 2.46. The van der Waals surface area contributed by atoms with Gasteiger partial charge in [-0.3, -0.25) is 9.78 Å². The molecular formula is C18H17F3N4OS. The summed E-state index contributed by atoms with van der Waals surface area (Å²) in [6, 6.07) is 3.51. The number of nitrogens with zero attached hydrogens (tertiary/aromatic N) is 2. The van der Waals surface area contributed by atoms with Crippen molar-refractivity contribution in [2.45, 2.75) is 33.0 Å². The van der Waals surface area contributed by atoms with Gasteiger partial charge in [0.1, 0.15) is 9.71 Å². The van der Waals surface area contributed by atoms with Crippen LogP contribution in [0.3, 0.4) is 0 Å². The quantitative estimate of drug-likeness (QED) is 0.698. The second-order valence-electron chi connectivity index (χ2n) is 5.98. The number of nitrogens with two attached hydrogens (primary N) is 1. The zero-order valence-corrected chi connectivity index (χ0v) is 15.5. The Hall–Kier alpha value is -2.68. The summed E-state index contributed by atoms with van der Waals surface area (Å²) in [6.07, 6.45) is -1.04. The highest BCUT2D eigenvalue weighted by molar-refractivity contribution is 7.21. The number of hydrogen-bond acceptors (Lipinski definition) is 5. The number of aryl methyl sites for hydroxylation is 1. The molecule has 0 saturated carbocycles. The van der Waals surface area contributed by atoms with Gasteiger partial charge in [0.05, 0.1) is 11.3 Å². The van der Waals surface area contributed by atoms with Crippen LogP contribution in [0.25, 0.3) is 10.2 Å². The Morgan fingerprint density at radius 3 is 2.70 bits per heavy atom. The summed E-state index contributed by atoms with van der Waals surface area (Å²) in [5.41, 5.74) is 6.12. The van der Waals surface area contributed by atoms with Crippen molar-refractivity contribution < 1.29 is 18.0 Å². The molecule has 27 heavy (non-hydrogen) atoms. The van der Waals surface area contributed by atoms with E-state index >= 15 is 0 Å². The molecule has 0 aliphatic heterocycles. The number of pyridine rings is 2. The number of carbonyl (C=O) groups excluding carboxylic acids is 1. The molecular weight excluding hydrogens is 377 g/mol. The van der Waals surface area contributed by atoms with E-state index in [-0.39, 0.29) is 32.9 Å². The van der Waals surface area contributed by atoms with Gasteiger partial charge in [-0.2, -0.15) is 13.2 Å². The Kier molecular flexibility index (Phi) is 5.05. The highest BCUT2D eigenvalue weighted by Gasteiger charge is 2.38. The normalized spacial score (nSPS) is 11.7. The molecule has 3 rings (SSSR count). The SMILES string of the molecule is CCc1nc2sc(C(=O)NCc3cccnc3)c(N)c2c(C(F)(F)F)c1C. The Morgan fingerprint density at radius 1 is 1.37 bits per heavy atom. The third-order valence-electron chi connectivity index (χ3n) is 4.22. The number of fused-ring (bicyclic) bond motifs is 1. The predicted octanol–water partition coefficient (Wildman–Crippen LogP) is 4.09. The van der Waals surface area contributed by atoms with Crippen LogP contribution < -0.4 is 11.1 Å². The Morgan fingerprint density at radius 2 is 2.11 bits per heavy atom. The van der Waals surface area contributed by atoms with Crippen molar-refractivity contribution in [3.63, 3.8) is 0 Å². The van der Waals surface area contributed by atoms with Crippen molar-refractivity contribution in [3.8, 4) is 0 Å². The van der Waals surface area contributed by atoms with Crippen LogP contribution in [0.4, 0.5) is 18.9 Å². The molecule has 0 aliphatic carbocycles. The lowest BCUT2D eigenvalue weighted by Crippen LogP contribution is -2.22. The minimum Gasteiger partial charge on any atom is -0.397 e. The first-order valence-electron chi connectivity index (χ1n) is 8.19. The van der Waals surface area contributed by atoms with Gasteiger partial charge in [0.2, 0.25) is 0 Å². The van der Waals surface area contributed by atoms with E-state index in [1.807, 2.05) is 0 Å². The molecule has 0 radical (unpaired) electrons. The Bertz CT molecular complexity index is 999. The number of hydrogen-bond donors (Lipinski definition) is 2. The lowest BCUT2D eigenvalue weighted by molar-refractivity contribution is -0.136. The first-order valence-corrected chi connectivity index (χ1v) is 9.01. The van der Waals surface area contributed by atoms with Gasteiger partial charge in [0, 0.05) is 30.0 Å². The van der Waals surface area contributed by atoms with Gasteiger partial charge >= 0.3 is 6.18 Å². The molecule has 142 valence electrons. The van der Waals surface area contributed by atoms with E-state index in [1.54, 1.807) is 31.5 Å². The van der Waals surface area contributed by atoms with E-state index in [2.05, 4.69) is 15.3 Å². The van der Waals surface area contributed by atoms with Crippen molar-refractivity contribution in [1.82, 2.24) is 15.3 Å². The number of aromatic nitrogens is 2. The molecule has 5 nitrogen and oxygen atoms in total. The summed E-state index contributed by atoms with van der Waals surface area (Å²) < 4.78 is 41.0. The molecule has 0 saturated heterocycles. The first-order chi connectivity index (χ1) is 12.7. The van der Waals surface area contributed by atoms with Crippen molar-refractivity contribution >= 4 is 33.1 Å². The average molecular weight is 394 g/mol. The van der Waals surface area contributed by atoms with Gasteiger partial charge < -0.3 is 11.1 Å². The molecule has 0 unspecified atom stereocenters. The number of amides is 1. The number of alkyl halides is 3. The highest BCUT2D eigenvalue weighted by atomic mass is 32.1. The third-order valence-corrected chi connectivity index (χ3v) is 5.32. The first kappa shape index (κ1) is 19.1. The van der Waals surface area contributed by atoms with E-state index in [9.17, 15) is 18.0 Å². The second kappa shape index (κ2) is 7.15. The van der Waals surface area contributed by atoms with E-state index < -0.39 is 17.6 Å². The molecule has 0 spiro atoms. The number of nitrogen functional groups attached to an aromatic ring is 1. The number of halogens is 3. The lowest BCUT2D eigenvalue weighted by atomic mass is 10.0. The summed E-state index contributed by atoms with van der Waals surface area (Å²) in [5.74, 6) is -0.539. The summed E-state index contributed by atoms with van der Waals surface area (Å²) in [6.45, 7) is 3.31. The zero-order chi connectivity index (χ0) is 19.8. The van der Waals surface area contributed by atoms with Crippen molar-refractivity contribution in [3.05, 3.63) is 51.8 Å². The van der Waals surface area contributed by atoms with Gasteiger partial charge in [-0.1, -0.05) is 13.0 Å².